The molecule has 0 radical (unpaired) electrons. The van der Waals surface area contributed by atoms with Crippen molar-refractivity contribution in [3.8, 4) is 11.1 Å². The Kier molecular flexibility index (Phi) is 5.57. The van der Waals surface area contributed by atoms with Crippen LogP contribution in [-0.2, 0) is 4.74 Å². The maximum absolute atomic E-state index is 11.3. The van der Waals surface area contributed by atoms with E-state index in [1.54, 1.807) is 7.11 Å². The second-order valence-electron chi connectivity index (χ2n) is 8.72. The molecule has 1 N–H and O–H groups in total. The molecule has 0 aliphatic heterocycles. The highest BCUT2D eigenvalue weighted by atomic mass is 16.5. The molecule has 2 heterocycles. The molecule has 0 saturated heterocycles. The zero-order valence-electron chi connectivity index (χ0n) is 18.8. The van der Waals surface area contributed by atoms with Crippen LogP contribution in [0, 0.1) is 13.8 Å². The summed E-state index contributed by atoms with van der Waals surface area (Å²) in [6.45, 7) is 3.88. The van der Waals surface area contributed by atoms with Gasteiger partial charge in [-0.1, -0.05) is 41.6 Å². The van der Waals surface area contributed by atoms with Crippen LogP contribution in [0.4, 0.5) is 0 Å². The number of hydrogen-bond acceptors (Lipinski definition) is 5. The second kappa shape index (κ2) is 8.52. The number of aliphatic hydroxyl groups excluding tert-OH is 1. The van der Waals surface area contributed by atoms with E-state index in [-0.39, 0.29) is 6.04 Å². The Morgan fingerprint density at radius 3 is 2.47 bits per heavy atom. The highest BCUT2D eigenvalue weighted by Gasteiger charge is 2.29. The number of aryl methyl sites for hydroxylation is 2. The molecule has 0 bridgehead atoms. The number of imidazole rings is 1. The quantitative estimate of drug-likeness (QED) is 0.450. The maximum Gasteiger partial charge on any atom is 0.143 e. The van der Waals surface area contributed by atoms with Crippen molar-refractivity contribution in [3.05, 3.63) is 71.4 Å². The predicted octanol–water partition coefficient (Wildman–Crippen LogP) is 5.52. The van der Waals surface area contributed by atoms with Gasteiger partial charge in [0.05, 0.1) is 22.8 Å². The number of benzene rings is 2. The molecule has 166 valence electrons. The van der Waals surface area contributed by atoms with Crippen LogP contribution < -0.4 is 0 Å². The Balaban J connectivity index is 1.63. The van der Waals surface area contributed by atoms with Gasteiger partial charge in [-0.3, -0.25) is 0 Å². The third kappa shape index (κ3) is 3.63. The fourth-order valence-electron chi connectivity index (χ4n) is 5.07. The Morgan fingerprint density at radius 1 is 1.06 bits per heavy atom. The van der Waals surface area contributed by atoms with Gasteiger partial charge in [0.2, 0.25) is 0 Å². The Hall–Kier alpha value is -2.96. The molecule has 1 aliphatic rings. The van der Waals surface area contributed by atoms with Gasteiger partial charge in [-0.15, -0.1) is 0 Å². The van der Waals surface area contributed by atoms with E-state index in [0.29, 0.717) is 11.9 Å². The average Bonchev–Trinajstić information content (AvgIpc) is 3.38. The van der Waals surface area contributed by atoms with Gasteiger partial charge in [0.25, 0.3) is 0 Å². The van der Waals surface area contributed by atoms with Gasteiger partial charge in [-0.05, 0) is 62.8 Å². The molecule has 5 rings (SSSR count). The third-order valence-corrected chi connectivity index (χ3v) is 6.74. The van der Waals surface area contributed by atoms with Crippen LogP contribution in [0.2, 0.25) is 0 Å². The maximum atomic E-state index is 11.3. The summed E-state index contributed by atoms with van der Waals surface area (Å²) in [5.74, 6) is 1.49. The summed E-state index contributed by atoms with van der Waals surface area (Å²) in [6.07, 6.45) is 3.56. The zero-order chi connectivity index (χ0) is 22.2. The van der Waals surface area contributed by atoms with Crippen molar-refractivity contribution in [2.24, 2.45) is 0 Å². The van der Waals surface area contributed by atoms with Crippen LogP contribution in [0.5, 0.6) is 0 Å². The molecule has 6 nitrogen and oxygen atoms in total. The van der Waals surface area contributed by atoms with Crippen molar-refractivity contribution in [1.29, 1.82) is 0 Å². The second-order valence-corrected chi connectivity index (χ2v) is 8.72. The molecule has 2 aromatic heterocycles. The minimum absolute atomic E-state index is 0.282. The van der Waals surface area contributed by atoms with Crippen LogP contribution in [0.3, 0.4) is 0 Å². The van der Waals surface area contributed by atoms with Crippen molar-refractivity contribution in [2.75, 3.05) is 7.11 Å². The standard InChI is InChI=1S/C26H29N3O3/c1-16-24(17(2)32-28-16)19-9-14-23-22(15-19)27-26(25(30)18-7-5-4-6-8-18)29(23)20-10-12-21(31-3)13-11-20/h4-9,14-15,20-21,25,30H,10-13H2,1-3H3. The van der Waals surface area contributed by atoms with Gasteiger partial charge < -0.3 is 18.9 Å². The van der Waals surface area contributed by atoms with Crippen LogP contribution in [0.15, 0.2) is 53.1 Å². The molecule has 0 spiro atoms. The minimum Gasteiger partial charge on any atom is -0.381 e. The van der Waals surface area contributed by atoms with Crippen LogP contribution in [-0.4, -0.2) is 33.0 Å². The number of ether oxygens (including phenoxy) is 1. The molecular weight excluding hydrogens is 402 g/mol. The molecule has 1 fully saturated rings. The number of rotatable bonds is 5. The van der Waals surface area contributed by atoms with E-state index in [9.17, 15) is 5.11 Å². The lowest BCUT2D eigenvalue weighted by Gasteiger charge is -2.30. The lowest BCUT2D eigenvalue weighted by atomic mass is 9.92. The van der Waals surface area contributed by atoms with Gasteiger partial charge in [-0.2, -0.15) is 0 Å². The highest BCUT2D eigenvalue weighted by Crippen LogP contribution is 2.38. The summed E-state index contributed by atoms with van der Waals surface area (Å²) < 4.78 is 13.2. The van der Waals surface area contributed by atoms with Crippen molar-refractivity contribution < 1.29 is 14.4 Å². The van der Waals surface area contributed by atoms with Crippen molar-refractivity contribution in [2.45, 2.75) is 57.8 Å². The number of methoxy groups -OCH3 is 1. The van der Waals surface area contributed by atoms with Gasteiger partial charge >= 0.3 is 0 Å². The van der Waals surface area contributed by atoms with E-state index in [1.807, 2.05) is 44.2 Å². The van der Waals surface area contributed by atoms with Crippen LogP contribution in [0.1, 0.15) is 60.7 Å². The van der Waals surface area contributed by atoms with E-state index in [2.05, 4.69) is 27.9 Å². The zero-order valence-corrected chi connectivity index (χ0v) is 18.8. The predicted molar refractivity (Wildman–Crippen MR) is 124 cm³/mol. The Labute approximate surface area is 187 Å². The van der Waals surface area contributed by atoms with Crippen LogP contribution >= 0.6 is 0 Å². The molecular formula is C26H29N3O3. The van der Waals surface area contributed by atoms with E-state index in [1.165, 1.54) is 0 Å². The molecule has 6 heteroatoms. The number of nitrogens with zero attached hydrogens (tertiary/aromatic N) is 3. The first kappa shape index (κ1) is 20.9. The normalized spacial score (nSPS) is 20.0. The number of fused-ring (bicyclic) bond motifs is 1. The monoisotopic (exact) mass is 431 g/mol. The fourth-order valence-corrected chi connectivity index (χ4v) is 5.07. The number of aromatic nitrogens is 3. The first-order chi connectivity index (χ1) is 15.6. The van der Waals surface area contributed by atoms with E-state index < -0.39 is 6.10 Å². The largest absolute Gasteiger partial charge is 0.381 e. The molecule has 0 amide bonds. The lowest BCUT2D eigenvalue weighted by molar-refractivity contribution is 0.0576. The van der Waals surface area contributed by atoms with Gasteiger partial charge in [0.1, 0.15) is 17.7 Å². The van der Waals surface area contributed by atoms with Crippen molar-refractivity contribution >= 4 is 11.0 Å². The van der Waals surface area contributed by atoms with Crippen LogP contribution in [0.25, 0.3) is 22.2 Å². The van der Waals surface area contributed by atoms with Gasteiger partial charge in [0.15, 0.2) is 0 Å². The van der Waals surface area contributed by atoms with Crippen molar-refractivity contribution in [3.63, 3.8) is 0 Å². The summed E-state index contributed by atoms with van der Waals surface area (Å²) in [7, 11) is 1.79. The molecule has 1 saturated carbocycles. The number of aliphatic hydroxyl groups is 1. The summed E-state index contributed by atoms with van der Waals surface area (Å²) >= 11 is 0. The van der Waals surface area contributed by atoms with E-state index in [0.717, 1.165) is 64.9 Å². The molecule has 1 aliphatic carbocycles. The number of hydrogen-bond donors (Lipinski definition) is 1. The molecule has 2 aromatic carbocycles. The lowest BCUT2D eigenvalue weighted by Crippen LogP contribution is -2.24. The molecule has 4 aromatic rings. The van der Waals surface area contributed by atoms with E-state index in [4.69, 9.17) is 14.2 Å². The summed E-state index contributed by atoms with van der Waals surface area (Å²) in [5.41, 5.74) is 5.67. The van der Waals surface area contributed by atoms with Gasteiger partial charge in [-0.25, -0.2) is 4.98 Å². The third-order valence-electron chi connectivity index (χ3n) is 6.74. The van der Waals surface area contributed by atoms with Crippen molar-refractivity contribution in [1.82, 2.24) is 14.7 Å². The SMILES string of the molecule is COC1CCC(n2c(C(O)c3ccccc3)nc3cc(-c4c(C)noc4C)ccc32)CC1. The van der Waals surface area contributed by atoms with E-state index >= 15 is 0 Å². The highest BCUT2D eigenvalue weighted by molar-refractivity contribution is 5.84. The molecule has 32 heavy (non-hydrogen) atoms. The summed E-state index contributed by atoms with van der Waals surface area (Å²) in [5, 5.41) is 15.4. The summed E-state index contributed by atoms with van der Waals surface area (Å²) in [4.78, 5) is 4.96. The minimum atomic E-state index is -0.786. The van der Waals surface area contributed by atoms with Gasteiger partial charge in [0, 0.05) is 18.7 Å². The fraction of sp³-hybridized carbons (Fsp3) is 0.385. The topological polar surface area (TPSA) is 73.3 Å². The Morgan fingerprint density at radius 2 is 1.81 bits per heavy atom. The molecule has 1 atom stereocenters. The molecule has 1 unspecified atom stereocenters. The summed E-state index contributed by atoms with van der Waals surface area (Å²) in [6, 6.07) is 16.3. The first-order valence-electron chi connectivity index (χ1n) is 11.3. The Bertz CT molecular complexity index is 1200. The smallest absolute Gasteiger partial charge is 0.143 e. The first-order valence-corrected chi connectivity index (χ1v) is 11.3. The average molecular weight is 432 g/mol.